The van der Waals surface area contributed by atoms with Crippen LogP contribution in [0, 0.1) is 5.92 Å². The van der Waals surface area contributed by atoms with Gasteiger partial charge in [-0.1, -0.05) is 42.5 Å². The molecule has 1 saturated heterocycles. The van der Waals surface area contributed by atoms with Gasteiger partial charge in [-0.15, -0.1) is 0 Å². The highest BCUT2D eigenvalue weighted by molar-refractivity contribution is 5.81. The number of nitrogens with two attached hydrogens (primary N) is 1. The van der Waals surface area contributed by atoms with Crippen molar-refractivity contribution in [3.8, 4) is 0 Å². The number of aromatic nitrogens is 2. The van der Waals surface area contributed by atoms with E-state index in [9.17, 15) is 4.79 Å². The normalized spacial score (nSPS) is 18.3. The first-order chi connectivity index (χ1) is 15.1. The third kappa shape index (κ3) is 5.71. The van der Waals surface area contributed by atoms with Crippen molar-refractivity contribution in [2.24, 2.45) is 11.7 Å². The Balaban J connectivity index is 1.26. The second-order valence-corrected chi connectivity index (χ2v) is 8.84. The first kappa shape index (κ1) is 21.5. The average Bonchev–Trinajstić information content (AvgIpc) is 3.20. The lowest BCUT2D eigenvalue weighted by molar-refractivity contribution is -0.123. The fourth-order valence-electron chi connectivity index (χ4n) is 4.49. The van der Waals surface area contributed by atoms with Crippen LogP contribution >= 0.6 is 0 Å². The van der Waals surface area contributed by atoms with Crippen molar-refractivity contribution in [2.75, 3.05) is 13.1 Å². The number of fused-ring (bicyclic) bond motifs is 1. The quantitative estimate of drug-likeness (QED) is 0.496. The zero-order valence-electron chi connectivity index (χ0n) is 18.3. The number of carbonyl (C=O) groups is 1. The molecule has 6 nitrogen and oxygen atoms in total. The van der Waals surface area contributed by atoms with Gasteiger partial charge in [-0.25, -0.2) is 0 Å². The Bertz CT molecular complexity index is 1010. The Morgan fingerprint density at radius 1 is 1.26 bits per heavy atom. The maximum Gasteiger partial charge on any atom is 0.221 e. The molecule has 2 unspecified atom stereocenters. The summed E-state index contributed by atoms with van der Waals surface area (Å²) in [5.41, 5.74) is 10.3. The number of hydrogen-bond acceptors (Lipinski definition) is 4. The van der Waals surface area contributed by atoms with Crippen LogP contribution < -0.4 is 11.1 Å². The maximum atomic E-state index is 11.5. The predicted molar refractivity (Wildman–Crippen MR) is 124 cm³/mol. The van der Waals surface area contributed by atoms with Gasteiger partial charge in [0.2, 0.25) is 5.91 Å². The minimum Gasteiger partial charge on any atom is -0.369 e. The summed E-state index contributed by atoms with van der Waals surface area (Å²) < 4.78 is 0. The van der Waals surface area contributed by atoms with E-state index < -0.39 is 0 Å². The number of nitrogens with one attached hydrogen (secondary N) is 2. The topological polar surface area (TPSA) is 87.0 Å². The van der Waals surface area contributed by atoms with E-state index in [4.69, 9.17) is 5.73 Å². The van der Waals surface area contributed by atoms with E-state index >= 15 is 0 Å². The number of piperidine rings is 1. The number of likely N-dealkylation sites (tertiary alicyclic amines) is 1. The Morgan fingerprint density at radius 3 is 2.97 bits per heavy atom. The van der Waals surface area contributed by atoms with Crippen LogP contribution in [0.1, 0.15) is 43.0 Å². The Kier molecular flexibility index (Phi) is 6.99. The molecule has 2 heterocycles. The van der Waals surface area contributed by atoms with E-state index in [1.165, 1.54) is 22.2 Å². The molecule has 0 bridgehead atoms. The Morgan fingerprint density at radius 2 is 2.10 bits per heavy atom. The number of aromatic amines is 1. The van der Waals surface area contributed by atoms with Crippen molar-refractivity contribution < 1.29 is 4.79 Å². The van der Waals surface area contributed by atoms with Gasteiger partial charge in [0.25, 0.3) is 0 Å². The number of amides is 1. The molecule has 1 fully saturated rings. The van der Waals surface area contributed by atoms with Gasteiger partial charge in [0.05, 0.1) is 11.4 Å². The molecule has 4 N–H and O–H groups in total. The minimum atomic E-state index is -0.167. The SMILES string of the molecule is CC(CCc1[nH]nc2ccccc12)NCc1cccc(CN2CCCC(C(N)=O)C2)c1. The van der Waals surface area contributed by atoms with Crippen LogP contribution in [0.3, 0.4) is 0 Å². The molecule has 0 saturated carbocycles. The molecule has 1 amide bonds. The molecule has 4 rings (SSSR count). The summed E-state index contributed by atoms with van der Waals surface area (Å²) in [5.74, 6) is -0.175. The molecule has 6 heteroatoms. The molecule has 0 aliphatic carbocycles. The number of benzene rings is 2. The molecule has 1 aliphatic rings. The van der Waals surface area contributed by atoms with E-state index in [1.54, 1.807) is 0 Å². The van der Waals surface area contributed by atoms with Crippen LogP contribution in [0.2, 0.25) is 0 Å². The van der Waals surface area contributed by atoms with Crippen molar-refractivity contribution in [3.63, 3.8) is 0 Å². The van der Waals surface area contributed by atoms with Crippen LogP contribution in [0.4, 0.5) is 0 Å². The Hall–Kier alpha value is -2.70. The lowest BCUT2D eigenvalue weighted by Gasteiger charge is -2.31. The minimum absolute atomic E-state index is 0.00792. The number of H-pyrrole nitrogens is 1. The van der Waals surface area contributed by atoms with E-state index in [1.807, 2.05) is 12.1 Å². The predicted octanol–water partition coefficient (Wildman–Crippen LogP) is 3.37. The average molecular weight is 420 g/mol. The van der Waals surface area contributed by atoms with Crippen LogP contribution in [0.15, 0.2) is 48.5 Å². The summed E-state index contributed by atoms with van der Waals surface area (Å²) in [7, 11) is 0. The second kappa shape index (κ2) is 10.1. The zero-order valence-corrected chi connectivity index (χ0v) is 18.3. The summed E-state index contributed by atoms with van der Waals surface area (Å²) in [6, 6.07) is 17.4. The summed E-state index contributed by atoms with van der Waals surface area (Å²) in [4.78, 5) is 13.9. The molecule has 164 valence electrons. The van der Waals surface area contributed by atoms with Crippen molar-refractivity contribution in [3.05, 3.63) is 65.4 Å². The van der Waals surface area contributed by atoms with Gasteiger partial charge in [-0.2, -0.15) is 5.10 Å². The molecule has 31 heavy (non-hydrogen) atoms. The standard InChI is InChI=1S/C25H33N5O/c1-18(11-12-24-22-9-2-3-10-23(22)28-29-24)27-15-19-6-4-7-20(14-19)16-30-13-5-8-21(17-30)25(26)31/h2-4,6-7,9-10,14,18,21,27H,5,8,11-13,15-17H2,1H3,(H2,26,31)(H,28,29). The van der Waals surface area contributed by atoms with Crippen LogP contribution in [-0.4, -0.2) is 40.1 Å². The molecule has 0 spiro atoms. The summed E-state index contributed by atoms with van der Waals surface area (Å²) in [5, 5.41) is 12.4. The first-order valence-corrected chi connectivity index (χ1v) is 11.3. The van der Waals surface area contributed by atoms with Gasteiger partial charge in [-0.3, -0.25) is 14.8 Å². The fraction of sp³-hybridized carbons (Fsp3) is 0.440. The third-order valence-corrected chi connectivity index (χ3v) is 6.33. The first-order valence-electron chi connectivity index (χ1n) is 11.3. The van der Waals surface area contributed by atoms with E-state index in [-0.39, 0.29) is 11.8 Å². The Labute approximate surface area is 184 Å². The number of primary amides is 1. The third-order valence-electron chi connectivity index (χ3n) is 6.33. The van der Waals surface area contributed by atoms with E-state index in [0.29, 0.717) is 6.04 Å². The molecule has 1 aliphatic heterocycles. The van der Waals surface area contributed by atoms with Crippen molar-refractivity contribution >= 4 is 16.8 Å². The lowest BCUT2D eigenvalue weighted by Crippen LogP contribution is -2.40. The number of aryl methyl sites for hydroxylation is 1. The van der Waals surface area contributed by atoms with Gasteiger partial charge in [0.15, 0.2) is 0 Å². The number of para-hydroxylation sites is 1. The molecule has 1 aromatic heterocycles. The largest absolute Gasteiger partial charge is 0.369 e. The number of rotatable bonds is 9. The van der Waals surface area contributed by atoms with E-state index in [0.717, 1.165) is 57.4 Å². The number of hydrogen-bond donors (Lipinski definition) is 3. The molecule has 3 aromatic rings. The van der Waals surface area contributed by atoms with Crippen LogP contribution in [0.5, 0.6) is 0 Å². The molecular weight excluding hydrogens is 386 g/mol. The van der Waals surface area contributed by atoms with Crippen LogP contribution in [0.25, 0.3) is 10.9 Å². The lowest BCUT2D eigenvalue weighted by atomic mass is 9.97. The van der Waals surface area contributed by atoms with Crippen molar-refractivity contribution in [1.29, 1.82) is 0 Å². The number of carbonyl (C=O) groups excluding carboxylic acids is 1. The smallest absolute Gasteiger partial charge is 0.221 e. The molecule has 2 aromatic carbocycles. The number of nitrogens with zero attached hydrogens (tertiary/aromatic N) is 2. The maximum absolute atomic E-state index is 11.5. The summed E-state index contributed by atoms with van der Waals surface area (Å²) in [6.07, 6.45) is 3.98. The monoisotopic (exact) mass is 419 g/mol. The highest BCUT2D eigenvalue weighted by Gasteiger charge is 2.23. The van der Waals surface area contributed by atoms with Gasteiger partial charge < -0.3 is 11.1 Å². The summed E-state index contributed by atoms with van der Waals surface area (Å²) in [6.45, 7) is 5.77. The van der Waals surface area contributed by atoms with Gasteiger partial charge in [-0.05, 0) is 56.3 Å². The van der Waals surface area contributed by atoms with Gasteiger partial charge in [0.1, 0.15) is 0 Å². The molecular formula is C25H33N5O. The zero-order chi connectivity index (χ0) is 21.6. The highest BCUT2D eigenvalue weighted by atomic mass is 16.1. The van der Waals surface area contributed by atoms with Crippen molar-refractivity contribution in [1.82, 2.24) is 20.4 Å². The molecule has 0 radical (unpaired) electrons. The highest BCUT2D eigenvalue weighted by Crippen LogP contribution is 2.19. The van der Waals surface area contributed by atoms with Crippen LogP contribution in [-0.2, 0) is 24.3 Å². The van der Waals surface area contributed by atoms with Gasteiger partial charge in [0, 0.05) is 36.8 Å². The fourth-order valence-corrected chi connectivity index (χ4v) is 4.49. The second-order valence-electron chi connectivity index (χ2n) is 8.84. The van der Waals surface area contributed by atoms with Crippen molar-refractivity contribution in [2.45, 2.75) is 51.7 Å². The summed E-state index contributed by atoms with van der Waals surface area (Å²) >= 11 is 0. The van der Waals surface area contributed by atoms with Gasteiger partial charge >= 0.3 is 0 Å². The molecule has 2 atom stereocenters. The van der Waals surface area contributed by atoms with E-state index in [2.05, 4.69) is 63.7 Å².